The molecule has 1 saturated heterocycles. The summed E-state index contributed by atoms with van der Waals surface area (Å²) in [6.07, 6.45) is 4.86. The maximum Gasteiger partial charge on any atom is 0.295 e. The number of likely N-dealkylation sites (N-methyl/N-ethyl adjacent to an activating group) is 1. The molecular weight excluding hydrogens is 262 g/mol. The van der Waals surface area contributed by atoms with Gasteiger partial charge in [-0.15, -0.1) is 0 Å². The molecule has 0 saturated carbocycles. The van der Waals surface area contributed by atoms with Crippen LogP contribution < -0.4 is 10.4 Å². The number of aryl methyl sites for hydroxylation is 1. The molecule has 2 rings (SSSR count). The van der Waals surface area contributed by atoms with Crippen LogP contribution in [0.15, 0.2) is 24.3 Å². The lowest BCUT2D eigenvalue weighted by Gasteiger charge is -2.28. The summed E-state index contributed by atoms with van der Waals surface area (Å²) in [5.41, 5.74) is 5.17. The van der Waals surface area contributed by atoms with Crippen LogP contribution in [0.3, 0.4) is 0 Å². The van der Waals surface area contributed by atoms with Crippen molar-refractivity contribution in [3.05, 3.63) is 35.4 Å². The van der Waals surface area contributed by atoms with Gasteiger partial charge in [0.1, 0.15) is 13.1 Å². The molecule has 2 N–H and O–H groups in total. The molecule has 0 aromatic heterocycles. The Bertz CT molecular complexity index is 436. The third-order valence-corrected chi connectivity index (χ3v) is 4.17. The molecule has 1 heterocycles. The van der Waals surface area contributed by atoms with E-state index in [0.717, 1.165) is 38.2 Å². The molecule has 21 heavy (non-hydrogen) atoms. The van der Waals surface area contributed by atoms with Crippen molar-refractivity contribution in [2.75, 3.05) is 33.2 Å². The molecule has 1 aliphatic heterocycles. The number of amides is 1. The fourth-order valence-electron chi connectivity index (χ4n) is 2.65. The van der Waals surface area contributed by atoms with Crippen LogP contribution >= 0.6 is 0 Å². The smallest absolute Gasteiger partial charge is 0.295 e. The normalized spacial score (nSPS) is 16.9. The molecule has 1 fully saturated rings. The van der Waals surface area contributed by atoms with E-state index in [9.17, 15) is 4.79 Å². The Balaban J connectivity index is 1.82. The fraction of sp³-hybridized carbons (Fsp3) is 0.588. The highest BCUT2D eigenvalue weighted by Crippen LogP contribution is 2.08. The Morgan fingerprint density at radius 3 is 2.48 bits per heavy atom. The van der Waals surface area contributed by atoms with Crippen molar-refractivity contribution in [2.24, 2.45) is 0 Å². The predicted octanol–water partition coefficient (Wildman–Crippen LogP) is 0.894. The van der Waals surface area contributed by atoms with Crippen molar-refractivity contribution in [3.63, 3.8) is 0 Å². The highest BCUT2D eigenvalue weighted by molar-refractivity contribution is 5.93. The highest BCUT2D eigenvalue weighted by Gasteiger charge is 2.19. The second-order valence-corrected chi connectivity index (χ2v) is 6.01. The van der Waals surface area contributed by atoms with E-state index in [1.54, 1.807) is 0 Å². The molecule has 0 radical (unpaired) electrons. The monoisotopic (exact) mass is 290 g/mol. The maximum absolute atomic E-state index is 12.2. The van der Waals surface area contributed by atoms with Crippen molar-refractivity contribution >= 4 is 5.91 Å². The summed E-state index contributed by atoms with van der Waals surface area (Å²) in [5, 5.41) is 1.17. The summed E-state index contributed by atoms with van der Waals surface area (Å²) in [6, 6.07) is 8.08. The van der Waals surface area contributed by atoms with Gasteiger partial charge in [0.25, 0.3) is 5.91 Å². The van der Waals surface area contributed by atoms with Crippen LogP contribution in [0.4, 0.5) is 0 Å². The van der Waals surface area contributed by atoms with Gasteiger partial charge >= 0.3 is 0 Å². The molecule has 1 aromatic carbocycles. The van der Waals surface area contributed by atoms with Crippen molar-refractivity contribution in [1.82, 2.24) is 10.3 Å². The Hall–Kier alpha value is -1.39. The number of carbonyl (C=O) groups excluding carboxylic acids is 1. The molecule has 0 spiro atoms. The van der Waals surface area contributed by atoms with Gasteiger partial charge in [-0.05, 0) is 37.6 Å². The van der Waals surface area contributed by atoms with E-state index in [1.807, 2.05) is 12.1 Å². The average Bonchev–Trinajstić information content (AvgIpc) is 2.50. The van der Waals surface area contributed by atoms with Gasteiger partial charge in [0, 0.05) is 18.7 Å². The zero-order valence-corrected chi connectivity index (χ0v) is 13.3. The van der Waals surface area contributed by atoms with Crippen LogP contribution in [0.2, 0.25) is 0 Å². The molecule has 1 amide bonds. The summed E-state index contributed by atoms with van der Waals surface area (Å²) in [5.74, 6) is 0.0367. The van der Waals surface area contributed by atoms with Crippen LogP contribution in [0, 0.1) is 0 Å². The first-order valence-corrected chi connectivity index (χ1v) is 8.12. The van der Waals surface area contributed by atoms with Gasteiger partial charge in [0.15, 0.2) is 0 Å². The molecule has 4 heteroatoms. The topological polar surface area (TPSA) is 36.8 Å². The van der Waals surface area contributed by atoms with E-state index < -0.39 is 0 Å². The Morgan fingerprint density at radius 1 is 1.19 bits per heavy atom. The zero-order chi connectivity index (χ0) is 15.1. The highest BCUT2D eigenvalue weighted by atomic mass is 16.2. The number of quaternary nitrogens is 1. The lowest BCUT2D eigenvalue weighted by molar-refractivity contribution is -0.939. The third-order valence-electron chi connectivity index (χ3n) is 4.17. The van der Waals surface area contributed by atoms with E-state index in [0.29, 0.717) is 0 Å². The molecule has 1 aliphatic rings. The number of rotatable bonds is 6. The standard InChI is InChI=1S/C17H27N3O/c1-3-4-5-6-15-7-9-16(10-8-15)17(21)18-20-13-11-19(2)12-14-20/h7-10H,3-6,11-14H2,1-2H3,(H,18,21)/p+1. The predicted molar refractivity (Wildman–Crippen MR) is 85.3 cm³/mol. The average molecular weight is 290 g/mol. The number of carbonyl (C=O) groups is 1. The summed E-state index contributed by atoms with van der Waals surface area (Å²) in [7, 11) is 2.12. The van der Waals surface area contributed by atoms with Crippen molar-refractivity contribution in [3.8, 4) is 0 Å². The van der Waals surface area contributed by atoms with E-state index in [2.05, 4.69) is 36.4 Å². The minimum Gasteiger partial charge on any atom is -0.295 e. The van der Waals surface area contributed by atoms with Crippen LogP contribution in [0.5, 0.6) is 0 Å². The summed E-state index contributed by atoms with van der Waals surface area (Å²) in [6.45, 7) is 6.22. The minimum absolute atomic E-state index is 0.0367. The number of piperazine rings is 1. The number of unbranched alkanes of at least 4 members (excludes halogenated alkanes) is 2. The van der Waals surface area contributed by atoms with Crippen molar-refractivity contribution in [2.45, 2.75) is 32.6 Å². The third kappa shape index (κ3) is 5.14. The van der Waals surface area contributed by atoms with Gasteiger partial charge in [0.2, 0.25) is 0 Å². The van der Waals surface area contributed by atoms with E-state index in [1.165, 1.54) is 29.8 Å². The largest absolute Gasteiger partial charge is 0.295 e. The van der Waals surface area contributed by atoms with E-state index >= 15 is 0 Å². The Labute approximate surface area is 128 Å². The lowest BCUT2D eigenvalue weighted by Crippen LogP contribution is -3.21. The SMILES string of the molecule is CCCCCc1ccc(C(=O)N[NH+]2CCN(C)CC2)cc1. The minimum atomic E-state index is 0.0367. The summed E-state index contributed by atoms with van der Waals surface area (Å²) >= 11 is 0. The van der Waals surface area contributed by atoms with Crippen molar-refractivity contribution < 1.29 is 9.80 Å². The van der Waals surface area contributed by atoms with Gasteiger partial charge < -0.3 is 0 Å². The van der Waals surface area contributed by atoms with Gasteiger partial charge in [-0.2, -0.15) is 5.43 Å². The van der Waals surface area contributed by atoms with Crippen LogP contribution in [-0.4, -0.2) is 44.0 Å². The first-order chi connectivity index (χ1) is 10.2. The summed E-state index contributed by atoms with van der Waals surface area (Å²) < 4.78 is 0. The molecule has 0 bridgehead atoms. The number of benzene rings is 1. The Morgan fingerprint density at radius 2 is 1.86 bits per heavy atom. The maximum atomic E-state index is 12.2. The quantitative estimate of drug-likeness (QED) is 0.764. The van der Waals surface area contributed by atoms with Gasteiger partial charge in [0.05, 0.1) is 0 Å². The Kier molecular flexibility index (Phi) is 6.21. The van der Waals surface area contributed by atoms with Gasteiger partial charge in [-0.1, -0.05) is 31.9 Å². The van der Waals surface area contributed by atoms with Gasteiger partial charge in [-0.3, -0.25) is 9.69 Å². The van der Waals surface area contributed by atoms with Gasteiger partial charge in [-0.25, -0.2) is 5.01 Å². The molecule has 116 valence electrons. The second-order valence-electron chi connectivity index (χ2n) is 6.01. The second kappa shape index (κ2) is 8.15. The van der Waals surface area contributed by atoms with Crippen LogP contribution in [0.1, 0.15) is 42.1 Å². The molecular formula is C17H28N3O+. The van der Waals surface area contributed by atoms with E-state index in [4.69, 9.17) is 0 Å². The number of hydrogen-bond acceptors (Lipinski definition) is 2. The number of hydrogen-bond donors (Lipinski definition) is 2. The zero-order valence-electron chi connectivity index (χ0n) is 13.3. The molecule has 4 nitrogen and oxygen atoms in total. The molecule has 1 aromatic rings. The molecule has 0 unspecified atom stereocenters. The van der Waals surface area contributed by atoms with Crippen LogP contribution in [0.25, 0.3) is 0 Å². The first kappa shape index (κ1) is 16.0. The molecule has 0 atom stereocenters. The molecule has 0 aliphatic carbocycles. The number of nitrogens with one attached hydrogen (secondary N) is 2. The summed E-state index contributed by atoms with van der Waals surface area (Å²) in [4.78, 5) is 14.5. The van der Waals surface area contributed by atoms with Crippen molar-refractivity contribution in [1.29, 1.82) is 0 Å². The lowest BCUT2D eigenvalue weighted by atomic mass is 10.1. The van der Waals surface area contributed by atoms with E-state index in [-0.39, 0.29) is 5.91 Å². The number of nitrogens with zero attached hydrogens (tertiary/aromatic N) is 1. The first-order valence-electron chi connectivity index (χ1n) is 8.12. The van der Waals surface area contributed by atoms with Crippen LogP contribution in [-0.2, 0) is 6.42 Å². The fourth-order valence-corrected chi connectivity index (χ4v) is 2.65.